The summed E-state index contributed by atoms with van der Waals surface area (Å²) in [5, 5.41) is 0. The molecule has 115 valence electrons. The smallest absolute Gasteiger partial charge is 0.00326 e. The Morgan fingerprint density at radius 2 is 1.39 bits per heavy atom. The summed E-state index contributed by atoms with van der Waals surface area (Å²) >= 11 is 0. The second-order valence-electron chi connectivity index (χ2n) is 7.15. The number of benzene rings is 2. The molecule has 2 aromatic rings. The highest BCUT2D eigenvalue weighted by atomic mass is 14.2. The van der Waals surface area contributed by atoms with E-state index in [1.165, 1.54) is 27.8 Å². The van der Waals surface area contributed by atoms with Gasteiger partial charge >= 0.3 is 0 Å². The summed E-state index contributed by atoms with van der Waals surface area (Å²) in [4.78, 5) is 0. The van der Waals surface area contributed by atoms with Crippen LogP contribution in [0, 0.1) is 13.0 Å². The van der Waals surface area contributed by atoms with Gasteiger partial charge in [0.05, 0.1) is 0 Å². The van der Waals surface area contributed by atoms with E-state index in [0.29, 0.717) is 0 Å². The van der Waals surface area contributed by atoms with Crippen molar-refractivity contribution in [3.8, 4) is 0 Å². The van der Waals surface area contributed by atoms with Crippen molar-refractivity contribution in [3.05, 3.63) is 101 Å². The lowest BCUT2D eigenvalue weighted by Gasteiger charge is -2.20. The Morgan fingerprint density at radius 1 is 0.826 bits per heavy atom. The minimum atomic E-state index is 0.176. The first-order valence-electron chi connectivity index (χ1n) is 8.14. The van der Waals surface area contributed by atoms with E-state index in [-0.39, 0.29) is 5.41 Å². The lowest BCUT2D eigenvalue weighted by atomic mass is 9.85. The van der Waals surface area contributed by atoms with Gasteiger partial charge in [-0.2, -0.15) is 0 Å². The van der Waals surface area contributed by atoms with E-state index >= 15 is 0 Å². The lowest BCUT2D eigenvalue weighted by Crippen LogP contribution is -2.10. The van der Waals surface area contributed by atoms with Crippen molar-refractivity contribution in [1.29, 1.82) is 0 Å². The molecule has 0 heteroatoms. The molecule has 1 radical (unpaired) electrons. The Balaban J connectivity index is 2.10. The SMILES string of the molecule is Cc1ccc(C(=C2[C]=CC=C2)c2ccc(C(C)(C)C)cc2)cc1. The molecule has 0 atom stereocenters. The van der Waals surface area contributed by atoms with Crippen LogP contribution in [0.1, 0.15) is 43.0 Å². The molecular formula is C23H23. The summed E-state index contributed by atoms with van der Waals surface area (Å²) in [6.07, 6.45) is 9.52. The van der Waals surface area contributed by atoms with Gasteiger partial charge in [0, 0.05) is 0 Å². The van der Waals surface area contributed by atoms with E-state index in [2.05, 4.69) is 88.4 Å². The molecule has 0 spiro atoms. The van der Waals surface area contributed by atoms with E-state index < -0.39 is 0 Å². The first-order chi connectivity index (χ1) is 10.9. The zero-order chi connectivity index (χ0) is 16.4. The standard InChI is InChI=1S/C23H23/c1-17-9-11-19(12-10-17)22(18-7-5-6-8-18)20-13-15-21(16-14-20)23(2,3)4/h5-7,9-16H,1-4H3. The average Bonchev–Trinajstić information content (AvgIpc) is 3.03. The van der Waals surface area contributed by atoms with E-state index in [9.17, 15) is 0 Å². The maximum atomic E-state index is 3.36. The number of allylic oxidation sites excluding steroid dienone is 5. The molecule has 0 heterocycles. The first-order valence-corrected chi connectivity index (χ1v) is 8.14. The summed E-state index contributed by atoms with van der Waals surface area (Å²) in [7, 11) is 0. The Kier molecular flexibility index (Phi) is 4.09. The number of aryl methyl sites for hydroxylation is 1. The fourth-order valence-corrected chi connectivity index (χ4v) is 2.82. The van der Waals surface area contributed by atoms with Gasteiger partial charge in [-0.25, -0.2) is 0 Å². The van der Waals surface area contributed by atoms with Crippen molar-refractivity contribution < 1.29 is 0 Å². The topological polar surface area (TPSA) is 0 Å². The Morgan fingerprint density at radius 3 is 1.87 bits per heavy atom. The van der Waals surface area contributed by atoms with Crippen LogP contribution in [0.4, 0.5) is 0 Å². The van der Waals surface area contributed by atoms with E-state index in [1.807, 2.05) is 12.2 Å². The molecule has 0 saturated carbocycles. The fourth-order valence-electron chi connectivity index (χ4n) is 2.82. The molecule has 0 unspecified atom stereocenters. The molecule has 1 aliphatic carbocycles. The van der Waals surface area contributed by atoms with Crippen molar-refractivity contribution in [1.82, 2.24) is 0 Å². The normalized spacial score (nSPS) is 16.0. The zero-order valence-electron chi connectivity index (χ0n) is 14.4. The highest BCUT2D eigenvalue weighted by Gasteiger charge is 2.15. The summed E-state index contributed by atoms with van der Waals surface area (Å²) in [6.45, 7) is 8.86. The maximum Gasteiger partial charge on any atom is -0.00326 e. The molecule has 0 bridgehead atoms. The molecule has 0 amide bonds. The monoisotopic (exact) mass is 299 g/mol. The second-order valence-corrected chi connectivity index (χ2v) is 7.15. The lowest BCUT2D eigenvalue weighted by molar-refractivity contribution is 0.590. The third-order valence-corrected chi connectivity index (χ3v) is 4.25. The zero-order valence-corrected chi connectivity index (χ0v) is 14.4. The molecule has 0 aromatic heterocycles. The highest BCUT2D eigenvalue weighted by Crippen LogP contribution is 2.31. The largest absolute Gasteiger partial charge is 0.0610 e. The van der Waals surface area contributed by atoms with Crippen molar-refractivity contribution >= 4 is 5.57 Å². The van der Waals surface area contributed by atoms with Gasteiger partial charge in [-0.3, -0.25) is 0 Å². The van der Waals surface area contributed by atoms with E-state index in [0.717, 1.165) is 5.57 Å². The van der Waals surface area contributed by atoms with Crippen molar-refractivity contribution in [3.63, 3.8) is 0 Å². The van der Waals surface area contributed by atoms with Crippen LogP contribution in [0.15, 0.2) is 72.3 Å². The van der Waals surface area contributed by atoms with Crippen LogP contribution in [0.5, 0.6) is 0 Å². The van der Waals surface area contributed by atoms with Gasteiger partial charge in [0.1, 0.15) is 0 Å². The summed E-state index contributed by atoms with van der Waals surface area (Å²) in [5.41, 5.74) is 7.69. The van der Waals surface area contributed by atoms with Crippen LogP contribution in [0.25, 0.3) is 5.57 Å². The average molecular weight is 299 g/mol. The third kappa shape index (κ3) is 3.37. The van der Waals surface area contributed by atoms with Crippen molar-refractivity contribution in [2.45, 2.75) is 33.1 Å². The minimum absolute atomic E-state index is 0.176. The fraction of sp³-hybridized carbons (Fsp3) is 0.217. The molecule has 0 aliphatic heterocycles. The molecule has 1 aliphatic rings. The molecule has 0 saturated heterocycles. The molecule has 2 aromatic carbocycles. The van der Waals surface area contributed by atoms with Crippen LogP contribution < -0.4 is 0 Å². The minimum Gasteiger partial charge on any atom is -0.0610 e. The second kappa shape index (κ2) is 6.04. The quantitative estimate of drug-likeness (QED) is 0.635. The number of rotatable bonds is 2. The van der Waals surface area contributed by atoms with Crippen molar-refractivity contribution in [2.75, 3.05) is 0 Å². The summed E-state index contributed by atoms with van der Waals surface area (Å²) < 4.78 is 0. The Bertz CT molecular complexity index is 759. The molecule has 3 rings (SSSR count). The summed E-state index contributed by atoms with van der Waals surface area (Å²) in [5.74, 6) is 0. The third-order valence-electron chi connectivity index (χ3n) is 4.25. The molecule has 0 nitrogen and oxygen atoms in total. The van der Waals surface area contributed by atoms with E-state index in [4.69, 9.17) is 0 Å². The Labute approximate surface area is 139 Å². The molecule has 0 fully saturated rings. The molecular weight excluding hydrogens is 276 g/mol. The van der Waals surface area contributed by atoms with Gasteiger partial charge in [0.15, 0.2) is 0 Å². The van der Waals surface area contributed by atoms with Gasteiger partial charge in [0.25, 0.3) is 0 Å². The van der Waals surface area contributed by atoms with Crippen LogP contribution in [-0.4, -0.2) is 0 Å². The number of hydrogen-bond donors (Lipinski definition) is 0. The maximum absolute atomic E-state index is 3.36. The summed E-state index contributed by atoms with van der Waals surface area (Å²) in [6, 6.07) is 17.7. The number of hydrogen-bond acceptors (Lipinski definition) is 0. The van der Waals surface area contributed by atoms with Gasteiger partial charge < -0.3 is 0 Å². The van der Waals surface area contributed by atoms with E-state index in [1.54, 1.807) is 0 Å². The van der Waals surface area contributed by atoms with Gasteiger partial charge in [-0.05, 0) is 46.3 Å². The predicted octanol–water partition coefficient (Wildman–Crippen LogP) is 6.02. The van der Waals surface area contributed by atoms with Gasteiger partial charge in [-0.15, -0.1) is 0 Å². The van der Waals surface area contributed by atoms with Gasteiger partial charge in [0.2, 0.25) is 0 Å². The van der Waals surface area contributed by atoms with Crippen LogP contribution in [-0.2, 0) is 5.41 Å². The molecule has 23 heavy (non-hydrogen) atoms. The first kappa shape index (κ1) is 15.6. The Hall–Kier alpha value is -2.34. The highest BCUT2D eigenvalue weighted by molar-refractivity contribution is 5.85. The van der Waals surface area contributed by atoms with Crippen LogP contribution in [0.2, 0.25) is 0 Å². The van der Waals surface area contributed by atoms with Crippen LogP contribution >= 0.6 is 0 Å². The van der Waals surface area contributed by atoms with Gasteiger partial charge in [-0.1, -0.05) is 93.1 Å². The van der Waals surface area contributed by atoms with Crippen LogP contribution in [0.3, 0.4) is 0 Å². The van der Waals surface area contributed by atoms with Crippen molar-refractivity contribution in [2.24, 2.45) is 0 Å². The molecule has 0 N–H and O–H groups in total. The predicted molar refractivity (Wildman–Crippen MR) is 99.3 cm³/mol.